The van der Waals surface area contributed by atoms with Crippen LogP contribution in [-0.2, 0) is 21.0 Å². The predicted molar refractivity (Wildman–Crippen MR) is 85.9 cm³/mol. The molecule has 1 aromatic carbocycles. The Labute approximate surface area is 134 Å². The monoisotopic (exact) mass is 334 g/mol. The number of ether oxygens (including phenoxy) is 1. The Morgan fingerprint density at radius 3 is 2.14 bits per heavy atom. The summed E-state index contributed by atoms with van der Waals surface area (Å²) in [5.74, 6) is 0.490. The highest BCUT2D eigenvalue weighted by Crippen LogP contribution is 2.31. The number of rotatable bonds is 6. The molecule has 0 saturated heterocycles. The molecule has 2 unspecified atom stereocenters. The van der Waals surface area contributed by atoms with Crippen molar-refractivity contribution in [3.8, 4) is 5.75 Å². The van der Waals surface area contributed by atoms with Crippen LogP contribution < -0.4 is 4.74 Å². The number of halogens is 1. The zero-order chi connectivity index (χ0) is 16.3. The smallest absolute Gasteiger partial charge is 0.302 e. The summed E-state index contributed by atoms with van der Waals surface area (Å²) in [7, 11) is 0. The van der Waals surface area contributed by atoms with E-state index in [-0.39, 0.29) is 17.9 Å². The summed E-state index contributed by atoms with van der Waals surface area (Å²) in [5, 5.41) is -1.19. The largest absolute Gasteiger partial charge is 0.469 e. The van der Waals surface area contributed by atoms with E-state index < -0.39 is 16.4 Å². The van der Waals surface area contributed by atoms with Gasteiger partial charge < -0.3 is 4.74 Å². The molecule has 0 aromatic heterocycles. The van der Waals surface area contributed by atoms with Crippen molar-refractivity contribution in [2.24, 2.45) is 5.92 Å². The van der Waals surface area contributed by atoms with E-state index in [0.717, 1.165) is 0 Å². The van der Waals surface area contributed by atoms with Crippen molar-refractivity contribution in [3.05, 3.63) is 29.8 Å². The van der Waals surface area contributed by atoms with Crippen molar-refractivity contribution in [1.29, 1.82) is 0 Å². The molecule has 1 aromatic rings. The Bertz CT molecular complexity index is 481. The molecule has 120 valence electrons. The van der Waals surface area contributed by atoms with Gasteiger partial charge in [-0.15, -0.1) is 0 Å². The van der Waals surface area contributed by atoms with Gasteiger partial charge in [0, 0.05) is 5.92 Å². The van der Waals surface area contributed by atoms with Crippen LogP contribution in [0.4, 0.5) is 0 Å². The van der Waals surface area contributed by atoms with Crippen molar-refractivity contribution < 1.29 is 17.7 Å². The fourth-order valence-electron chi connectivity index (χ4n) is 1.66. The van der Waals surface area contributed by atoms with Gasteiger partial charge in [-0.3, -0.25) is 8.74 Å². The summed E-state index contributed by atoms with van der Waals surface area (Å²) in [6.07, 6.45) is 0. The fraction of sp³-hybridized carbons (Fsp3) is 0.600. The lowest BCUT2D eigenvalue weighted by Crippen LogP contribution is -2.40. The van der Waals surface area contributed by atoms with Gasteiger partial charge in [-0.1, -0.05) is 58.4 Å². The number of hydrogen-bond acceptors (Lipinski definition) is 3. The van der Waals surface area contributed by atoms with Crippen LogP contribution in [0.2, 0.25) is 0 Å². The first-order valence-corrected chi connectivity index (χ1v) is 8.18. The van der Waals surface area contributed by atoms with Gasteiger partial charge in [-0.2, -0.15) is 4.21 Å². The van der Waals surface area contributed by atoms with Crippen LogP contribution in [0, 0.1) is 5.92 Å². The Morgan fingerprint density at radius 1 is 1.24 bits per heavy atom. The molecule has 4 nitrogen and oxygen atoms in total. The molecular weight excluding hydrogens is 312 g/mol. The van der Waals surface area contributed by atoms with E-state index in [1.165, 1.54) is 5.56 Å². The molecule has 0 saturated carbocycles. The Kier molecular flexibility index (Phi) is 6.23. The lowest BCUT2D eigenvalue weighted by atomic mass is 9.87. The lowest BCUT2D eigenvalue weighted by Gasteiger charge is -2.31. The SMILES string of the molecule is CC(C)C(Cl)(COS(=O)O)Oc1ccc(C(C)(C)C)cc1. The second-order valence-electron chi connectivity index (χ2n) is 6.30. The van der Waals surface area contributed by atoms with E-state index in [1.54, 1.807) is 0 Å². The van der Waals surface area contributed by atoms with Crippen molar-refractivity contribution in [1.82, 2.24) is 0 Å². The van der Waals surface area contributed by atoms with Gasteiger partial charge in [0.25, 0.3) is 0 Å². The third kappa shape index (κ3) is 5.58. The highest BCUT2D eigenvalue weighted by Gasteiger charge is 2.35. The van der Waals surface area contributed by atoms with Crippen molar-refractivity contribution in [2.45, 2.75) is 45.1 Å². The van der Waals surface area contributed by atoms with Gasteiger partial charge in [0.05, 0.1) is 0 Å². The molecular formula is C15H23ClO4S. The van der Waals surface area contributed by atoms with Crippen molar-refractivity contribution in [2.75, 3.05) is 6.61 Å². The van der Waals surface area contributed by atoms with Crippen LogP contribution in [0.15, 0.2) is 24.3 Å². The van der Waals surface area contributed by atoms with Crippen LogP contribution in [0.5, 0.6) is 5.75 Å². The average Bonchev–Trinajstić information content (AvgIpc) is 2.36. The van der Waals surface area contributed by atoms with E-state index >= 15 is 0 Å². The Hall–Kier alpha value is -0.620. The first-order valence-electron chi connectivity index (χ1n) is 6.77. The van der Waals surface area contributed by atoms with E-state index in [1.807, 2.05) is 38.1 Å². The molecule has 0 amide bonds. The number of benzene rings is 1. The minimum atomic E-state index is -2.37. The van der Waals surface area contributed by atoms with Gasteiger partial charge >= 0.3 is 11.4 Å². The Morgan fingerprint density at radius 2 is 1.76 bits per heavy atom. The molecule has 21 heavy (non-hydrogen) atoms. The van der Waals surface area contributed by atoms with Crippen molar-refractivity contribution in [3.63, 3.8) is 0 Å². The van der Waals surface area contributed by atoms with E-state index in [2.05, 4.69) is 25.0 Å². The molecule has 0 bridgehead atoms. The standard InChI is InChI=1S/C15H23ClO4S/c1-11(2)15(16,10-19-21(17)18)20-13-8-6-12(7-9-13)14(3,4)5/h6-9,11H,10H2,1-5H3,(H,17,18). The second kappa shape index (κ2) is 7.09. The Balaban J connectivity index is 2.87. The summed E-state index contributed by atoms with van der Waals surface area (Å²) in [4.78, 5) is 0. The third-order valence-corrected chi connectivity index (χ3v) is 4.17. The summed E-state index contributed by atoms with van der Waals surface area (Å²) < 4.78 is 29.8. The summed E-state index contributed by atoms with van der Waals surface area (Å²) >= 11 is 4.02. The van der Waals surface area contributed by atoms with Gasteiger partial charge in [-0.25, -0.2) is 0 Å². The predicted octanol–water partition coefficient (Wildman–Crippen LogP) is 4.11. The van der Waals surface area contributed by atoms with Crippen LogP contribution in [0.25, 0.3) is 0 Å². The molecule has 0 heterocycles. The third-order valence-electron chi connectivity index (χ3n) is 3.23. The summed E-state index contributed by atoms with van der Waals surface area (Å²) in [6, 6.07) is 7.65. The molecule has 0 aliphatic rings. The van der Waals surface area contributed by atoms with E-state index in [0.29, 0.717) is 5.75 Å². The van der Waals surface area contributed by atoms with Crippen LogP contribution in [0.3, 0.4) is 0 Å². The minimum Gasteiger partial charge on any atom is -0.469 e. The molecule has 6 heteroatoms. The van der Waals surface area contributed by atoms with Gasteiger partial charge in [0.2, 0.25) is 5.06 Å². The summed E-state index contributed by atoms with van der Waals surface area (Å²) in [5.41, 5.74) is 1.25. The maximum atomic E-state index is 10.7. The molecule has 2 atom stereocenters. The zero-order valence-corrected chi connectivity index (χ0v) is 14.6. The van der Waals surface area contributed by atoms with Crippen LogP contribution >= 0.6 is 11.6 Å². The molecule has 0 spiro atoms. The molecule has 0 aliphatic heterocycles. The molecule has 1 rings (SSSR count). The van der Waals surface area contributed by atoms with Crippen LogP contribution in [-0.4, -0.2) is 20.4 Å². The maximum Gasteiger partial charge on any atom is 0.302 e. The number of alkyl halides is 1. The first-order chi connectivity index (χ1) is 9.54. The molecule has 0 fully saturated rings. The van der Waals surface area contributed by atoms with Crippen molar-refractivity contribution >= 4 is 23.0 Å². The van der Waals surface area contributed by atoms with E-state index in [4.69, 9.17) is 20.9 Å². The van der Waals surface area contributed by atoms with Gasteiger partial charge in [0.15, 0.2) is 0 Å². The highest BCUT2D eigenvalue weighted by molar-refractivity contribution is 7.74. The first kappa shape index (κ1) is 18.4. The topological polar surface area (TPSA) is 55.8 Å². The molecule has 1 N–H and O–H groups in total. The quantitative estimate of drug-likeness (QED) is 0.628. The molecule has 0 aliphatic carbocycles. The highest BCUT2D eigenvalue weighted by atomic mass is 35.5. The minimum absolute atomic E-state index is 0.0610. The molecule has 0 radical (unpaired) electrons. The van der Waals surface area contributed by atoms with Crippen LogP contribution in [0.1, 0.15) is 40.2 Å². The maximum absolute atomic E-state index is 10.7. The fourth-order valence-corrected chi connectivity index (χ4v) is 2.15. The summed E-state index contributed by atoms with van der Waals surface area (Å²) in [6.45, 7) is 9.93. The average molecular weight is 335 g/mol. The lowest BCUT2D eigenvalue weighted by molar-refractivity contribution is 0.0549. The van der Waals surface area contributed by atoms with Gasteiger partial charge in [0.1, 0.15) is 12.4 Å². The normalized spacial score (nSPS) is 16.6. The zero-order valence-electron chi connectivity index (χ0n) is 13.1. The number of hydrogen-bond donors (Lipinski definition) is 1. The second-order valence-corrected chi connectivity index (χ2v) is 7.61. The van der Waals surface area contributed by atoms with Gasteiger partial charge in [-0.05, 0) is 23.1 Å². The van der Waals surface area contributed by atoms with E-state index in [9.17, 15) is 4.21 Å².